The van der Waals surface area contributed by atoms with Crippen LogP contribution >= 0.6 is 0 Å². The smallest absolute Gasteiger partial charge is 0.416 e. The second-order valence-corrected chi connectivity index (χ2v) is 8.18. The van der Waals surface area contributed by atoms with E-state index in [0.29, 0.717) is 11.3 Å². The van der Waals surface area contributed by atoms with Crippen LogP contribution in [0, 0.1) is 13.8 Å². The van der Waals surface area contributed by atoms with Gasteiger partial charge in [-0.05, 0) is 19.4 Å². The normalized spacial score (nSPS) is 13.7. The number of alkyl halides is 3. The fraction of sp³-hybridized carbons (Fsp3) is 0.200. The van der Waals surface area contributed by atoms with Gasteiger partial charge in [-0.25, -0.2) is 9.50 Å². The summed E-state index contributed by atoms with van der Waals surface area (Å²) >= 11 is 0. The molecule has 0 aliphatic heterocycles. The first kappa shape index (κ1) is 23.5. The monoisotopic (exact) mass is 495 g/mol. The SMILES string of the molecule is CO[C@](c1ccccc1)(c1nnc(-c2c(C)nc3c(-c4ccccc4)c(C)[nH]n3c2=O)o1)C(F)(F)F. The van der Waals surface area contributed by atoms with E-state index in [4.69, 9.17) is 9.15 Å². The van der Waals surface area contributed by atoms with Crippen molar-refractivity contribution in [3.8, 4) is 22.6 Å². The maximum atomic E-state index is 14.4. The molecule has 0 spiro atoms. The number of ether oxygens (including phenoxy) is 1. The zero-order valence-electron chi connectivity index (χ0n) is 19.4. The van der Waals surface area contributed by atoms with Gasteiger partial charge in [-0.2, -0.15) is 13.2 Å². The van der Waals surface area contributed by atoms with Gasteiger partial charge in [0.25, 0.3) is 22.9 Å². The number of halogens is 3. The third-order valence-electron chi connectivity index (χ3n) is 6.03. The maximum Gasteiger partial charge on any atom is 0.430 e. The highest BCUT2D eigenvalue weighted by molar-refractivity contribution is 5.80. The largest absolute Gasteiger partial charge is 0.430 e. The van der Waals surface area contributed by atoms with E-state index in [-0.39, 0.29) is 16.8 Å². The molecule has 0 fully saturated rings. The fourth-order valence-electron chi connectivity index (χ4n) is 4.36. The molecule has 0 aliphatic rings. The van der Waals surface area contributed by atoms with Gasteiger partial charge < -0.3 is 9.15 Å². The van der Waals surface area contributed by atoms with Crippen molar-refractivity contribution in [2.24, 2.45) is 0 Å². The van der Waals surface area contributed by atoms with Gasteiger partial charge in [0, 0.05) is 23.9 Å². The van der Waals surface area contributed by atoms with Crippen molar-refractivity contribution in [3.05, 3.63) is 93.9 Å². The first-order valence-corrected chi connectivity index (χ1v) is 10.9. The third kappa shape index (κ3) is 3.42. The molecule has 0 saturated carbocycles. The van der Waals surface area contributed by atoms with Crippen molar-refractivity contribution in [1.82, 2.24) is 24.8 Å². The molecule has 184 valence electrons. The van der Waals surface area contributed by atoms with E-state index in [9.17, 15) is 18.0 Å². The molecule has 5 rings (SSSR count). The quantitative estimate of drug-likeness (QED) is 0.376. The number of aromatic amines is 1. The number of nitrogens with one attached hydrogen (secondary N) is 1. The van der Waals surface area contributed by atoms with Crippen LogP contribution in [-0.2, 0) is 10.3 Å². The number of aromatic nitrogens is 5. The molecule has 1 N–H and O–H groups in total. The second-order valence-electron chi connectivity index (χ2n) is 8.18. The fourth-order valence-corrected chi connectivity index (χ4v) is 4.36. The van der Waals surface area contributed by atoms with Gasteiger partial charge in [0.15, 0.2) is 5.65 Å². The predicted molar refractivity (Wildman–Crippen MR) is 124 cm³/mol. The van der Waals surface area contributed by atoms with Crippen molar-refractivity contribution >= 4 is 5.65 Å². The Morgan fingerprint density at radius 2 is 1.58 bits per heavy atom. The van der Waals surface area contributed by atoms with E-state index in [1.807, 2.05) is 30.3 Å². The molecular weight excluding hydrogens is 475 g/mol. The summed E-state index contributed by atoms with van der Waals surface area (Å²) in [7, 11) is 0.908. The Labute approximate surface area is 202 Å². The van der Waals surface area contributed by atoms with E-state index < -0.39 is 29.1 Å². The minimum absolute atomic E-state index is 0.118. The molecule has 0 bridgehead atoms. The number of benzene rings is 2. The summed E-state index contributed by atoms with van der Waals surface area (Å²) in [5.74, 6) is -1.25. The highest BCUT2D eigenvalue weighted by atomic mass is 19.4. The van der Waals surface area contributed by atoms with Crippen molar-refractivity contribution in [1.29, 1.82) is 0 Å². The topological polar surface area (TPSA) is 98.3 Å². The number of rotatable bonds is 5. The lowest BCUT2D eigenvalue weighted by Gasteiger charge is -2.31. The first-order chi connectivity index (χ1) is 17.2. The number of fused-ring (bicyclic) bond motifs is 1. The molecule has 0 saturated heterocycles. The minimum atomic E-state index is -4.94. The lowest BCUT2D eigenvalue weighted by Crippen LogP contribution is -2.45. The van der Waals surface area contributed by atoms with Crippen LogP contribution in [0.2, 0.25) is 0 Å². The van der Waals surface area contributed by atoms with Crippen molar-refractivity contribution in [2.75, 3.05) is 7.11 Å². The molecular formula is C25H20F3N5O3. The van der Waals surface area contributed by atoms with E-state index in [2.05, 4.69) is 20.3 Å². The molecule has 11 heteroatoms. The maximum absolute atomic E-state index is 14.4. The molecule has 8 nitrogen and oxygen atoms in total. The summed E-state index contributed by atoms with van der Waals surface area (Å²) in [6.07, 6.45) is -4.94. The average Bonchev–Trinajstić information content (AvgIpc) is 3.45. The predicted octanol–water partition coefficient (Wildman–Crippen LogP) is 4.81. The summed E-state index contributed by atoms with van der Waals surface area (Å²) in [4.78, 5) is 18.0. The van der Waals surface area contributed by atoms with Gasteiger partial charge in [-0.1, -0.05) is 60.7 Å². The Kier molecular flexibility index (Phi) is 5.51. The first-order valence-electron chi connectivity index (χ1n) is 10.9. The van der Waals surface area contributed by atoms with Crippen molar-refractivity contribution in [3.63, 3.8) is 0 Å². The minimum Gasteiger partial charge on any atom is -0.416 e. The number of H-pyrrole nitrogens is 1. The highest BCUT2D eigenvalue weighted by Gasteiger charge is 2.62. The Balaban J connectivity index is 1.70. The van der Waals surface area contributed by atoms with Gasteiger partial charge in [0.1, 0.15) is 5.56 Å². The Bertz CT molecular complexity index is 1610. The lowest BCUT2D eigenvalue weighted by atomic mass is 9.92. The molecule has 0 unspecified atom stereocenters. The van der Waals surface area contributed by atoms with Crippen LogP contribution in [0.25, 0.3) is 28.2 Å². The molecule has 0 amide bonds. The number of aryl methyl sites for hydroxylation is 2. The van der Waals surface area contributed by atoms with Crippen molar-refractivity contribution in [2.45, 2.75) is 25.6 Å². The molecule has 3 heterocycles. The molecule has 2 aromatic carbocycles. The van der Waals surface area contributed by atoms with Gasteiger partial charge in [-0.3, -0.25) is 9.89 Å². The van der Waals surface area contributed by atoms with Crippen LogP contribution < -0.4 is 5.56 Å². The van der Waals surface area contributed by atoms with Crippen LogP contribution in [0.15, 0.2) is 69.9 Å². The van der Waals surface area contributed by atoms with Crippen LogP contribution in [0.3, 0.4) is 0 Å². The van der Waals surface area contributed by atoms with Crippen LogP contribution in [0.1, 0.15) is 22.8 Å². The van der Waals surface area contributed by atoms with E-state index in [0.717, 1.165) is 18.2 Å². The molecule has 1 atom stereocenters. The molecule has 5 aromatic rings. The Morgan fingerprint density at radius 1 is 0.944 bits per heavy atom. The molecule has 36 heavy (non-hydrogen) atoms. The standard InChI is InChI=1S/C25H20F3N5O3/c1-14-19(22(34)33-20(29-14)18(15(2)32-33)16-10-6-4-7-11-16)21-30-31-23(36-21)24(35-3,25(26,27)28)17-12-8-5-9-13-17/h4-13,32H,1-3H3/t24-/m1/s1. The molecule has 0 aliphatic carbocycles. The Hall–Kier alpha value is -4.25. The van der Waals surface area contributed by atoms with E-state index in [1.54, 1.807) is 19.9 Å². The highest BCUT2D eigenvalue weighted by Crippen LogP contribution is 2.46. The van der Waals surface area contributed by atoms with Crippen LogP contribution in [-0.4, -0.2) is 38.1 Å². The third-order valence-corrected chi connectivity index (χ3v) is 6.03. The Morgan fingerprint density at radius 3 is 2.19 bits per heavy atom. The van der Waals surface area contributed by atoms with Crippen molar-refractivity contribution < 1.29 is 22.3 Å². The summed E-state index contributed by atoms with van der Waals surface area (Å²) in [5.41, 5.74) is -1.11. The zero-order valence-corrected chi connectivity index (χ0v) is 19.4. The lowest BCUT2D eigenvalue weighted by molar-refractivity contribution is -0.265. The number of nitrogens with zero attached hydrogens (tertiary/aromatic N) is 4. The number of methoxy groups -OCH3 is 1. The van der Waals surface area contributed by atoms with Crippen LogP contribution in [0.5, 0.6) is 0 Å². The summed E-state index contributed by atoms with van der Waals surface area (Å²) in [6, 6.07) is 16.4. The van der Waals surface area contributed by atoms with E-state index in [1.165, 1.54) is 28.8 Å². The zero-order chi connectivity index (χ0) is 25.7. The van der Waals surface area contributed by atoms with Gasteiger partial charge >= 0.3 is 6.18 Å². The average molecular weight is 495 g/mol. The second kappa shape index (κ2) is 8.45. The molecule has 3 aromatic heterocycles. The summed E-state index contributed by atoms with van der Waals surface area (Å²) in [6.45, 7) is 3.36. The van der Waals surface area contributed by atoms with E-state index >= 15 is 0 Å². The summed E-state index contributed by atoms with van der Waals surface area (Å²) < 4.78 is 54.9. The van der Waals surface area contributed by atoms with Gasteiger partial charge in [0.05, 0.1) is 5.69 Å². The number of hydrogen-bond acceptors (Lipinski definition) is 6. The molecule has 0 radical (unpaired) electrons. The van der Waals surface area contributed by atoms with Gasteiger partial charge in [-0.15, -0.1) is 10.2 Å². The van der Waals surface area contributed by atoms with Gasteiger partial charge in [0.2, 0.25) is 0 Å². The number of hydrogen-bond donors (Lipinski definition) is 1. The van der Waals surface area contributed by atoms with Crippen LogP contribution in [0.4, 0.5) is 13.2 Å². The summed E-state index contributed by atoms with van der Waals surface area (Å²) in [5, 5.41) is 10.4.